The van der Waals surface area contributed by atoms with Crippen LogP contribution < -0.4 is 4.74 Å². The molecule has 0 bridgehead atoms. The molecule has 6 heteroatoms. The van der Waals surface area contributed by atoms with Crippen molar-refractivity contribution in [1.29, 1.82) is 0 Å². The number of carboxylic acid groups (broad SMARTS) is 1. The molecule has 2 aromatic heterocycles. The molecule has 0 saturated carbocycles. The smallest absolute Gasteiger partial charge is 0.339 e. The molecule has 106 valence electrons. The summed E-state index contributed by atoms with van der Waals surface area (Å²) >= 11 is 0. The number of rotatable bonds is 4. The Kier molecular flexibility index (Phi) is 3.74. The number of pyridine rings is 1. The largest absolute Gasteiger partial charge is 0.481 e. The average molecular weight is 275 g/mol. The molecule has 0 aliphatic heterocycles. The van der Waals surface area contributed by atoms with Crippen molar-refractivity contribution in [1.82, 2.24) is 14.8 Å². The summed E-state index contributed by atoms with van der Waals surface area (Å²) < 4.78 is 6.74. The number of hydrogen-bond donors (Lipinski definition) is 1. The van der Waals surface area contributed by atoms with Gasteiger partial charge in [0.05, 0.1) is 7.11 Å². The van der Waals surface area contributed by atoms with Crippen molar-refractivity contribution in [2.24, 2.45) is 0 Å². The molecule has 0 aliphatic rings. The molecule has 1 N–H and O–H groups in total. The van der Waals surface area contributed by atoms with E-state index in [1.807, 2.05) is 26.8 Å². The van der Waals surface area contributed by atoms with Crippen LogP contribution in [0.15, 0.2) is 18.5 Å². The van der Waals surface area contributed by atoms with Crippen molar-refractivity contribution in [3.8, 4) is 17.1 Å². The number of hydrogen-bond acceptors (Lipinski definition) is 4. The zero-order valence-electron chi connectivity index (χ0n) is 11.9. The highest BCUT2D eigenvalue weighted by molar-refractivity contribution is 5.94. The van der Waals surface area contributed by atoms with Gasteiger partial charge >= 0.3 is 5.97 Å². The van der Waals surface area contributed by atoms with Crippen LogP contribution in [0.1, 0.15) is 35.8 Å². The summed E-state index contributed by atoms with van der Waals surface area (Å²) in [5.74, 6) is -0.478. The van der Waals surface area contributed by atoms with Crippen LogP contribution in [0.3, 0.4) is 0 Å². The van der Waals surface area contributed by atoms with Crippen LogP contribution in [-0.2, 0) is 0 Å². The number of carboxylic acids is 1. The summed E-state index contributed by atoms with van der Waals surface area (Å²) in [4.78, 5) is 15.5. The first kappa shape index (κ1) is 14.0. The molecule has 0 unspecified atom stereocenters. The Hall–Kier alpha value is -2.37. The second-order valence-electron chi connectivity index (χ2n) is 4.82. The van der Waals surface area contributed by atoms with Gasteiger partial charge in [0.2, 0.25) is 5.88 Å². The normalized spacial score (nSPS) is 10.8. The van der Waals surface area contributed by atoms with E-state index in [9.17, 15) is 9.90 Å². The van der Waals surface area contributed by atoms with Gasteiger partial charge in [-0.2, -0.15) is 5.10 Å². The predicted molar refractivity (Wildman–Crippen MR) is 74.1 cm³/mol. The van der Waals surface area contributed by atoms with Gasteiger partial charge in [0.15, 0.2) is 0 Å². The summed E-state index contributed by atoms with van der Waals surface area (Å²) in [7, 11) is 1.55. The van der Waals surface area contributed by atoms with E-state index in [1.54, 1.807) is 24.2 Å². The van der Waals surface area contributed by atoms with E-state index in [4.69, 9.17) is 4.74 Å². The Morgan fingerprint density at radius 2 is 2.15 bits per heavy atom. The Labute approximate surface area is 117 Å². The van der Waals surface area contributed by atoms with Crippen LogP contribution in [0, 0.1) is 6.92 Å². The fraction of sp³-hybridized carbons (Fsp3) is 0.357. The van der Waals surface area contributed by atoms with E-state index in [0.29, 0.717) is 17.1 Å². The molecule has 6 nitrogen and oxygen atoms in total. The van der Waals surface area contributed by atoms with Gasteiger partial charge in [0.25, 0.3) is 0 Å². The van der Waals surface area contributed by atoms with Gasteiger partial charge in [-0.3, -0.25) is 4.68 Å². The summed E-state index contributed by atoms with van der Waals surface area (Å²) in [6.45, 7) is 5.75. The minimum Gasteiger partial charge on any atom is -0.481 e. The minimum absolute atomic E-state index is 0.0918. The lowest BCUT2D eigenvalue weighted by Crippen LogP contribution is -2.01. The van der Waals surface area contributed by atoms with Gasteiger partial charge < -0.3 is 9.84 Å². The Morgan fingerprint density at radius 3 is 2.65 bits per heavy atom. The summed E-state index contributed by atoms with van der Waals surface area (Å²) in [5, 5.41) is 13.6. The molecule has 0 aliphatic carbocycles. The molecular weight excluding hydrogens is 258 g/mol. The molecule has 0 amide bonds. The monoisotopic (exact) mass is 275 g/mol. The first-order chi connectivity index (χ1) is 9.43. The zero-order valence-corrected chi connectivity index (χ0v) is 11.9. The van der Waals surface area contributed by atoms with Gasteiger partial charge in [-0.25, -0.2) is 9.78 Å². The third-order valence-corrected chi connectivity index (χ3v) is 2.99. The molecule has 2 heterocycles. The maximum absolute atomic E-state index is 11.3. The van der Waals surface area contributed by atoms with E-state index in [0.717, 1.165) is 5.56 Å². The van der Waals surface area contributed by atoms with Gasteiger partial charge in [0.1, 0.15) is 11.3 Å². The van der Waals surface area contributed by atoms with Crippen LogP contribution in [0.5, 0.6) is 5.88 Å². The van der Waals surface area contributed by atoms with E-state index in [-0.39, 0.29) is 11.6 Å². The summed E-state index contributed by atoms with van der Waals surface area (Å²) in [6.07, 6.45) is 3.12. The van der Waals surface area contributed by atoms with Crippen molar-refractivity contribution >= 4 is 5.97 Å². The number of ether oxygens (including phenoxy) is 1. The van der Waals surface area contributed by atoms with E-state index < -0.39 is 5.97 Å². The quantitative estimate of drug-likeness (QED) is 0.927. The van der Waals surface area contributed by atoms with Crippen molar-refractivity contribution in [3.05, 3.63) is 29.6 Å². The van der Waals surface area contributed by atoms with Crippen molar-refractivity contribution in [3.63, 3.8) is 0 Å². The molecule has 0 spiro atoms. The topological polar surface area (TPSA) is 77.2 Å². The van der Waals surface area contributed by atoms with Gasteiger partial charge in [-0.15, -0.1) is 0 Å². The molecule has 0 fully saturated rings. The van der Waals surface area contributed by atoms with Crippen molar-refractivity contribution < 1.29 is 14.6 Å². The molecule has 0 atom stereocenters. The number of aryl methyl sites for hydroxylation is 1. The van der Waals surface area contributed by atoms with Crippen LogP contribution in [-0.4, -0.2) is 33.0 Å². The molecule has 0 aromatic carbocycles. The number of carbonyl (C=O) groups is 1. The molecule has 0 radical (unpaired) electrons. The van der Waals surface area contributed by atoms with Crippen molar-refractivity contribution in [2.45, 2.75) is 26.8 Å². The number of methoxy groups -OCH3 is 1. The summed E-state index contributed by atoms with van der Waals surface area (Å²) in [5.41, 5.74) is 2.09. The first-order valence-corrected chi connectivity index (χ1v) is 6.27. The average Bonchev–Trinajstić information content (AvgIpc) is 2.84. The van der Waals surface area contributed by atoms with Crippen LogP contribution in [0.2, 0.25) is 0 Å². The van der Waals surface area contributed by atoms with E-state index >= 15 is 0 Å². The third-order valence-electron chi connectivity index (χ3n) is 2.99. The maximum atomic E-state index is 11.3. The molecule has 2 rings (SSSR count). The second-order valence-corrected chi connectivity index (χ2v) is 4.82. The zero-order chi connectivity index (χ0) is 14.9. The van der Waals surface area contributed by atoms with Gasteiger partial charge in [0, 0.05) is 29.6 Å². The van der Waals surface area contributed by atoms with Gasteiger partial charge in [-0.05, 0) is 26.8 Å². The lowest BCUT2D eigenvalue weighted by molar-refractivity contribution is 0.0697. The standard InChI is InChI=1S/C14H17N3O3/c1-8(2)17-7-11(14(18)19)12(16-17)10-5-9(3)13(20-4)15-6-10/h5-8H,1-4H3,(H,18,19). The van der Waals surface area contributed by atoms with Gasteiger partial charge in [-0.1, -0.05) is 0 Å². The second kappa shape index (κ2) is 5.32. The first-order valence-electron chi connectivity index (χ1n) is 6.27. The van der Waals surface area contributed by atoms with Crippen molar-refractivity contribution in [2.75, 3.05) is 7.11 Å². The highest BCUT2D eigenvalue weighted by atomic mass is 16.5. The number of aromatic carboxylic acids is 1. The number of nitrogens with zero attached hydrogens (tertiary/aromatic N) is 3. The number of aromatic nitrogens is 3. The summed E-state index contributed by atoms with van der Waals surface area (Å²) in [6, 6.07) is 1.92. The fourth-order valence-electron chi connectivity index (χ4n) is 1.93. The molecule has 20 heavy (non-hydrogen) atoms. The predicted octanol–water partition coefficient (Wildman–Crippen LogP) is 2.54. The van der Waals surface area contributed by atoms with Crippen LogP contribution in [0.25, 0.3) is 11.3 Å². The Bertz CT molecular complexity index is 647. The van der Waals surface area contributed by atoms with E-state index in [2.05, 4.69) is 10.1 Å². The lowest BCUT2D eigenvalue weighted by atomic mass is 10.1. The van der Waals surface area contributed by atoms with E-state index in [1.165, 1.54) is 0 Å². The fourth-order valence-corrected chi connectivity index (χ4v) is 1.93. The van der Waals surface area contributed by atoms with Crippen LogP contribution in [0.4, 0.5) is 0 Å². The van der Waals surface area contributed by atoms with Crippen LogP contribution >= 0.6 is 0 Å². The Balaban J connectivity index is 2.56. The molecule has 2 aromatic rings. The Morgan fingerprint density at radius 1 is 1.45 bits per heavy atom. The highest BCUT2D eigenvalue weighted by Crippen LogP contribution is 2.26. The molecular formula is C14H17N3O3. The molecule has 0 saturated heterocycles. The minimum atomic E-state index is -1.000. The third kappa shape index (κ3) is 2.49. The SMILES string of the molecule is COc1ncc(-c2nn(C(C)C)cc2C(=O)O)cc1C. The lowest BCUT2D eigenvalue weighted by Gasteiger charge is -2.06. The maximum Gasteiger partial charge on any atom is 0.339 e. The highest BCUT2D eigenvalue weighted by Gasteiger charge is 2.19.